The molecule has 0 spiro atoms. The highest BCUT2D eigenvalue weighted by Crippen LogP contribution is 2.51. The van der Waals surface area contributed by atoms with Crippen molar-refractivity contribution in [1.29, 1.82) is 0 Å². The number of nitrogens with one attached hydrogen (secondary N) is 1. The number of halogens is 8. The van der Waals surface area contributed by atoms with Gasteiger partial charge in [0.05, 0.1) is 21.3 Å². The zero-order valence-electron chi connectivity index (χ0n) is 15.5. The van der Waals surface area contributed by atoms with E-state index in [2.05, 4.69) is 10.5 Å². The number of nitrogens with zero attached hydrogens (tertiary/aromatic N) is 1. The van der Waals surface area contributed by atoms with E-state index >= 15 is 0 Å². The fourth-order valence-electron chi connectivity index (χ4n) is 3.56. The molecule has 31 heavy (non-hydrogen) atoms. The fourth-order valence-corrected chi connectivity index (χ4v) is 3.99. The number of hydrogen-bond acceptors (Lipinski definition) is 3. The summed E-state index contributed by atoms with van der Waals surface area (Å²) in [7, 11) is 0. The molecule has 0 aliphatic carbocycles. The Morgan fingerprint density at radius 3 is 2.16 bits per heavy atom. The quantitative estimate of drug-likeness (QED) is 0.522. The molecule has 0 saturated carbocycles. The van der Waals surface area contributed by atoms with Gasteiger partial charge in [-0.25, -0.2) is 0 Å². The second-order valence-corrected chi connectivity index (χ2v) is 8.21. The van der Waals surface area contributed by atoms with Gasteiger partial charge in [-0.05, 0) is 23.3 Å². The molecule has 3 nitrogen and oxygen atoms in total. The summed E-state index contributed by atoms with van der Waals surface area (Å²) in [6, 6.07) is 7.87. The Balaban J connectivity index is 1.71. The first-order chi connectivity index (χ1) is 14.4. The summed E-state index contributed by atoms with van der Waals surface area (Å²) in [6.45, 7) is 1.64. The van der Waals surface area contributed by atoms with Crippen LogP contribution in [0.4, 0.5) is 26.3 Å². The van der Waals surface area contributed by atoms with Gasteiger partial charge < -0.3 is 10.2 Å². The first-order valence-corrected chi connectivity index (χ1v) is 9.87. The van der Waals surface area contributed by atoms with Gasteiger partial charge in [-0.2, -0.15) is 26.3 Å². The predicted molar refractivity (Wildman–Crippen MR) is 103 cm³/mol. The number of benzene rings is 2. The van der Waals surface area contributed by atoms with Crippen molar-refractivity contribution in [1.82, 2.24) is 5.32 Å². The maximum absolute atomic E-state index is 14.1. The van der Waals surface area contributed by atoms with Crippen LogP contribution >= 0.6 is 23.2 Å². The van der Waals surface area contributed by atoms with Crippen molar-refractivity contribution in [2.45, 2.75) is 30.3 Å². The van der Waals surface area contributed by atoms with Gasteiger partial charge in [-0.3, -0.25) is 0 Å². The van der Waals surface area contributed by atoms with Crippen LogP contribution < -0.4 is 5.32 Å². The van der Waals surface area contributed by atoms with Crippen molar-refractivity contribution in [3.05, 3.63) is 68.7 Å². The van der Waals surface area contributed by atoms with Gasteiger partial charge >= 0.3 is 12.4 Å². The largest absolute Gasteiger partial charge is 0.435 e. The maximum Gasteiger partial charge on any atom is 0.435 e. The summed E-state index contributed by atoms with van der Waals surface area (Å²) in [5.41, 5.74) is -4.03. The molecule has 0 radical (unpaired) electrons. The van der Waals surface area contributed by atoms with Crippen LogP contribution in [0.1, 0.15) is 34.6 Å². The molecule has 2 aliphatic heterocycles. The van der Waals surface area contributed by atoms with Crippen LogP contribution in [0, 0.1) is 0 Å². The molecule has 11 heteroatoms. The zero-order chi connectivity index (χ0) is 22.6. The van der Waals surface area contributed by atoms with E-state index in [4.69, 9.17) is 28.0 Å². The second kappa shape index (κ2) is 7.56. The van der Waals surface area contributed by atoms with Crippen molar-refractivity contribution in [3.8, 4) is 0 Å². The minimum atomic E-state index is -5.07. The number of oxime groups is 1. The van der Waals surface area contributed by atoms with E-state index in [9.17, 15) is 26.3 Å². The van der Waals surface area contributed by atoms with Crippen molar-refractivity contribution in [2.75, 3.05) is 13.1 Å². The summed E-state index contributed by atoms with van der Waals surface area (Å²) in [5, 5.41) is 5.17. The van der Waals surface area contributed by atoms with E-state index in [1.165, 1.54) is 0 Å². The molecule has 1 fully saturated rings. The summed E-state index contributed by atoms with van der Waals surface area (Å²) >= 11 is 11.3. The molecule has 1 saturated heterocycles. The topological polar surface area (TPSA) is 33.6 Å². The Morgan fingerprint density at radius 1 is 1.00 bits per heavy atom. The molecule has 0 aromatic heterocycles. The lowest BCUT2D eigenvalue weighted by Crippen LogP contribution is -2.43. The Hall–Kier alpha value is -1.97. The standard InChI is InChI=1S/C20H14Cl2F6N2O/c21-15-6-13(5-14(17(15)22)19(23,24)25)18(20(26,27)28)7-16(30-31-18)11-3-1-10(2-4-11)12-8-29-9-12/h1-6,12,29H,7-9H2. The molecule has 2 aromatic rings. The van der Waals surface area contributed by atoms with Crippen molar-refractivity contribution in [3.63, 3.8) is 0 Å². The van der Waals surface area contributed by atoms with E-state index in [1.54, 1.807) is 24.3 Å². The molecule has 2 aromatic carbocycles. The highest BCUT2D eigenvalue weighted by molar-refractivity contribution is 6.42. The minimum Gasteiger partial charge on any atom is -0.374 e. The smallest absolute Gasteiger partial charge is 0.374 e. The van der Waals surface area contributed by atoms with Crippen LogP contribution in [0.3, 0.4) is 0 Å². The van der Waals surface area contributed by atoms with Crippen LogP contribution in [0.2, 0.25) is 10.0 Å². The van der Waals surface area contributed by atoms with Gasteiger partial charge in [0.25, 0.3) is 5.60 Å². The Morgan fingerprint density at radius 2 is 1.65 bits per heavy atom. The molecule has 4 rings (SSSR count). The summed E-state index contributed by atoms with van der Waals surface area (Å²) in [6.07, 6.45) is -10.9. The number of rotatable bonds is 3. The van der Waals surface area contributed by atoms with Crippen LogP contribution in [0.25, 0.3) is 0 Å². The third-order valence-corrected chi connectivity index (χ3v) is 6.28. The van der Waals surface area contributed by atoms with Gasteiger partial charge in [-0.15, -0.1) is 0 Å². The lowest BCUT2D eigenvalue weighted by atomic mass is 9.85. The van der Waals surface area contributed by atoms with Crippen molar-refractivity contribution < 1.29 is 31.2 Å². The van der Waals surface area contributed by atoms with Crippen LogP contribution in [0.15, 0.2) is 41.6 Å². The highest BCUT2D eigenvalue weighted by Gasteiger charge is 2.62. The van der Waals surface area contributed by atoms with Gasteiger partial charge in [0.15, 0.2) is 0 Å². The van der Waals surface area contributed by atoms with E-state index in [1.807, 2.05) is 0 Å². The number of alkyl halides is 6. The zero-order valence-corrected chi connectivity index (χ0v) is 17.1. The van der Waals surface area contributed by atoms with Crippen LogP contribution in [0.5, 0.6) is 0 Å². The van der Waals surface area contributed by atoms with Gasteiger partial charge in [0, 0.05) is 31.0 Å². The monoisotopic (exact) mass is 482 g/mol. The Bertz CT molecular complexity index is 1030. The van der Waals surface area contributed by atoms with Crippen LogP contribution in [-0.2, 0) is 16.6 Å². The first-order valence-electron chi connectivity index (χ1n) is 9.12. The number of hydrogen-bond donors (Lipinski definition) is 1. The van der Waals surface area contributed by atoms with Gasteiger partial charge in [0.1, 0.15) is 0 Å². The predicted octanol–water partition coefficient (Wildman–Crippen LogP) is 6.28. The van der Waals surface area contributed by atoms with Crippen molar-refractivity contribution in [2.24, 2.45) is 5.16 Å². The molecule has 2 aliphatic rings. The molecular formula is C20H14Cl2F6N2O. The Labute approximate surface area is 183 Å². The lowest BCUT2D eigenvalue weighted by molar-refractivity contribution is -0.276. The van der Waals surface area contributed by atoms with E-state index < -0.39 is 45.5 Å². The molecule has 1 N–H and O–H groups in total. The molecule has 0 amide bonds. The highest BCUT2D eigenvalue weighted by atomic mass is 35.5. The molecule has 0 bridgehead atoms. The minimum absolute atomic E-state index is 0.0322. The average molecular weight is 483 g/mol. The van der Waals surface area contributed by atoms with E-state index in [-0.39, 0.29) is 5.71 Å². The Kier molecular flexibility index (Phi) is 5.43. The fraction of sp³-hybridized carbons (Fsp3) is 0.350. The summed E-state index contributed by atoms with van der Waals surface area (Å²) < 4.78 is 82.2. The maximum atomic E-state index is 14.1. The third-order valence-electron chi connectivity index (χ3n) is 5.48. The average Bonchev–Trinajstić information content (AvgIpc) is 3.09. The second-order valence-electron chi connectivity index (χ2n) is 7.43. The summed E-state index contributed by atoms with van der Waals surface area (Å²) in [5.74, 6) is 0.335. The SMILES string of the molecule is FC(F)(F)c1cc(C2(C(F)(F)F)CC(c3ccc(C4CNC4)cc3)=NO2)cc(Cl)c1Cl. The lowest BCUT2D eigenvalue weighted by Gasteiger charge is -2.30. The van der Waals surface area contributed by atoms with Crippen molar-refractivity contribution >= 4 is 28.9 Å². The first kappa shape index (κ1) is 22.2. The molecular weight excluding hydrogens is 469 g/mol. The summed E-state index contributed by atoms with van der Waals surface area (Å²) in [4.78, 5) is 4.81. The third kappa shape index (κ3) is 3.87. The van der Waals surface area contributed by atoms with Crippen LogP contribution in [-0.4, -0.2) is 25.0 Å². The molecule has 166 valence electrons. The molecule has 2 heterocycles. The van der Waals surface area contributed by atoms with Gasteiger partial charge in [0.2, 0.25) is 0 Å². The molecule has 1 unspecified atom stereocenters. The van der Waals surface area contributed by atoms with Gasteiger partial charge in [-0.1, -0.05) is 52.6 Å². The normalized spacial score (nSPS) is 22.1. The van der Waals surface area contributed by atoms with E-state index in [0.717, 1.165) is 24.7 Å². The molecule has 1 atom stereocenters. The van der Waals surface area contributed by atoms with E-state index in [0.29, 0.717) is 17.5 Å².